The van der Waals surface area contributed by atoms with Gasteiger partial charge < -0.3 is 0 Å². The van der Waals surface area contributed by atoms with Crippen LogP contribution in [-0.2, 0) is 0 Å². The number of carbonyl (C=O) groups is 1. The zero-order valence-corrected chi connectivity index (χ0v) is 12.6. The number of rotatable bonds is 3. The maximum atomic E-state index is 12.2. The normalized spacial score (nSPS) is 10.5. The van der Waals surface area contributed by atoms with E-state index in [9.17, 15) is 4.79 Å². The summed E-state index contributed by atoms with van der Waals surface area (Å²) in [6, 6.07) is 16.5. The van der Waals surface area contributed by atoms with Gasteiger partial charge in [-0.25, -0.2) is 5.43 Å². The molecule has 5 nitrogen and oxygen atoms in total. The zero-order chi connectivity index (χ0) is 15.5. The Morgan fingerprint density at radius 2 is 1.77 bits per heavy atom. The van der Waals surface area contributed by atoms with Crippen LogP contribution in [0.2, 0.25) is 5.02 Å². The van der Waals surface area contributed by atoms with Gasteiger partial charge in [-0.2, -0.15) is 4.79 Å². The maximum Gasteiger partial charge on any atom is 0.272 e. The number of amides is 1. The van der Waals surface area contributed by atoms with Gasteiger partial charge in [0.1, 0.15) is 5.69 Å². The van der Waals surface area contributed by atoms with Crippen molar-refractivity contribution in [3.05, 3.63) is 70.9 Å². The highest BCUT2D eigenvalue weighted by molar-refractivity contribution is 6.34. The van der Waals surface area contributed by atoms with Crippen LogP contribution in [0.5, 0.6) is 0 Å². The number of nitrogens with zero attached hydrogens (tertiary/aromatic N) is 3. The summed E-state index contributed by atoms with van der Waals surface area (Å²) in [7, 11) is 0. The van der Waals surface area contributed by atoms with Gasteiger partial charge in [0.2, 0.25) is 0 Å². The molecule has 0 aliphatic heterocycles. The van der Waals surface area contributed by atoms with Crippen molar-refractivity contribution in [1.82, 2.24) is 15.1 Å². The highest BCUT2D eigenvalue weighted by Crippen LogP contribution is 2.20. The van der Waals surface area contributed by atoms with E-state index in [2.05, 4.69) is 15.7 Å². The molecule has 1 aromatic heterocycles. The molecular weight excluding hydrogens is 300 g/mol. The van der Waals surface area contributed by atoms with Crippen molar-refractivity contribution in [2.75, 3.05) is 5.43 Å². The number of carbonyl (C=O) groups excluding carboxylic acids is 1. The predicted octanol–water partition coefficient (Wildman–Crippen LogP) is 3.29. The summed E-state index contributed by atoms with van der Waals surface area (Å²) in [4.78, 5) is 13.6. The van der Waals surface area contributed by atoms with Gasteiger partial charge in [-0.05, 0) is 24.3 Å². The molecule has 0 unspecified atom stereocenters. The second kappa shape index (κ2) is 5.99. The van der Waals surface area contributed by atoms with Gasteiger partial charge in [-0.1, -0.05) is 54.1 Å². The molecule has 0 fully saturated rings. The lowest BCUT2D eigenvalue weighted by Crippen LogP contribution is -2.25. The average Bonchev–Trinajstić information content (AvgIpc) is 2.89. The van der Waals surface area contributed by atoms with Crippen LogP contribution in [0.3, 0.4) is 0 Å². The molecule has 1 N–H and O–H groups in total. The molecule has 110 valence electrons. The predicted molar refractivity (Wildman–Crippen MR) is 85.3 cm³/mol. The first-order chi connectivity index (χ1) is 10.7. The van der Waals surface area contributed by atoms with Crippen LogP contribution in [0.15, 0.2) is 54.6 Å². The van der Waals surface area contributed by atoms with Crippen molar-refractivity contribution >= 4 is 17.5 Å². The maximum absolute atomic E-state index is 12.2. The van der Waals surface area contributed by atoms with Crippen LogP contribution in [0, 0.1) is 6.92 Å². The molecule has 1 amide bonds. The Bertz CT molecular complexity index is 814. The van der Waals surface area contributed by atoms with Crippen LogP contribution in [0.1, 0.15) is 16.1 Å². The molecule has 1 heterocycles. The van der Waals surface area contributed by atoms with E-state index in [0.717, 1.165) is 17.0 Å². The first-order valence-corrected chi connectivity index (χ1v) is 7.08. The van der Waals surface area contributed by atoms with E-state index in [0.29, 0.717) is 10.6 Å². The summed E-state index contributed by atoms with van der Waals surface area (Å²) in [5.74, 6) is -0.335. The van der Waals surface area contributed by atoms with Crippen LogP contribution in [0.4, 0.5) is 0 Å². The third-order valence-corrected chi connectivity index (χ3v) is 3.60. The van der Waals surface area contributed by atoms with Crippen LogP contribution >= 0.6 is 11.6 Å². The number of benzene rings is 2. The fraction of sp³-hybridized carbons (Fsp3) is 0.0625. The molecule has 0 radical (unpaired) electrons. The molecule has 0 spiro atoms. The van der Waals surface area contributed by atoms with E-state index in [4.69, 9.17) is 11.6 Å². The molecule has 0 saturated carbocycles. The Balaban J connectivity index is 1.87. The van der Waals surface area contributed by atoms with Crippen molar-refractivity contribution in [3.8, 4) is 11.3 Å². The van der Waals surface area contributed by atoms with E-state index >= 15 is 0 Å². The third-order valence-electron chi connectivity index (χ3n) is 3.27. The summed E-state index contributed by atoms with van der Waals surface area (Å²) in [5, 5.41) is 8.49. The van der Waals surface area contributed by atoms with Crippen molar-refractivity contribution in [2.24, 2.45) is 0 Å². The summed E-state index contributed by atoms with van der Waals surface area (Å²) < 4.78 is 0. The smallest absolute Gasteiger partial charge is 0.267 e. The average molecular weight is 313 g/mol. The minimum absolute atomic E-state index is 0.335. The van der Waals surface area contributed by atoms with Gasteiger partial charge in [-0.15, -0.1) is 5.10 Å². The van der Waals surface area contributed by atoms with Gasteiger partial charge in [0.15, 0.2) is 0 Å². The van der Waals surface area contributed by atoms with Gasteiger partial charge in [-0.3, -0.25) is 4.79 Å². The van der Waals surface area contributed by atoms with Crippen LogP contribution in [-0.4, -0.2) is 21.0 Å². The van der Waals surface area contributed by atoms with Crippen molar-refractivity contribution in [1.29, 1.82) is 0 Å². The number of halogens is 1. The molecule has 0 aliphatic carbocycles. The van der Waals surface area contributed by atoms with E-state index in [-0.39, 0.29) is 5.91 Å². The van der Waals surface area contributed by atoms with E-state index in [1.165, 1.54) is 4.79 Å². The quantitative estimate of drug-likeness (QED) is 0.807. The second-order valence-electron chi connectivity index (χ2n) is 4.72. The molecule has 6 heteroatoms. The largest absolute Gasteiger partial charge is 0.272 e. The third kappa shape index (κ3) is 2.71. The van der Waals surface area contributed by atoms with Crippen LogP contribution in [0.25, 0.3) is 11.3 Å². The highest BCUT2D eigenvalue weighted by atomic mass is 35.5. The summed E-state index contributed by atoms with van der Waals surface area (Å²) in [6.45, 7) is 1.84. The lowest BCUT2D eigenvalue weighted by atomic mass is 10.1. The van der Waals surface area contributed by atoms with Crippen molar-refractivity contribution in [3.63, 3.8) is 0 Å². The summed E-state index contributed by atoms with van der Waals surface area (Å²) >= 11 is 6.02. The molecule has 2 aromatic carbocycles. The molecule has 0 aliphatic rings. The highest BCUT2D eigenvalue weighted by Gasteiger charge is 2.14. The van der Waals surface area contributed by atoms with Gasteiger partial charge in [0.25, 0.3) is 5.91 Å². The fourth-order valence-electron chi connectivity index (χ4n) is 2.10. The van der Waals surface area contributed by atoms with E-state index in [1.807, 2.05) is 37.3 Å². The SMILES string of the molecule is Cc1c(-c2ccccc2)nnn1NC(=O)c1ccccc1Cl. The Labute approximate surface area is 132 Å². The standard InChI is InChI=1S/C16H13ClN4O/c1-11-15(12-7-3-2-4-8-12)18-20-21(11)19-16(22)13-9-5-6-10-14(13)17/h2-10H,1H3,(H,19,22). The second-order valence-corrected chi connectivity index (χ2v) is 5.13. The minimum atomic E-state index is -0.335. The van der Waals surface area contributed by atoms with Crippen molar-refractivity contribution in [2.45, 2.75) is 6.92 Å². The lowest BCUT2D eigenvalue weighted by molar-refractivity contribution is 0.100. The number of hydrogen-bond donors (Lipinski definition) is 1. The summed E-state index contributed by atoms with van der Waals surface area (Å²) in [5.41, 5.74) is 5.47. The topological polar surface area (TPSA) is 59.8 Å². The molecule has 3 rings (SSSR count). The number of hydrogen-bond acceptors (Lipinski definition) is 3. The first kappa shape index (κ1) is 14.3. The number of nitrogens with one attached hydrogen (secondary N) is 1. The van der Waals surface area contributed by atoms with Crippen molar-refractivity contribution < 1.29 is 4.79 Å². The van der Waals surface area contributed by atoms with Gasteiger partial charge >= 0.3 is 0 Å². The molecular formula is C16H13ClN4O. The first-order valence-electron chi connectivity index (χ1n) is 6.70. The Kier molecular flexibility index (Phi) is 3.89. The molecule has 0 bridgehead atoms. The molecule has 22 heavy (non-hydrogen) atoms. The van der Waals surface area contributed by atoms with Gasteiger partial charge in [0, 0.05) is 5.56 Å². The molecule has 3 aromatic rings. The Morgan fingerprint density at radius 3 is 2.50 bits per heavy atom. The lowest BCUT2D eigenvalue weighted by Gasteiger charge is -2.07. The Morgan fingerprint density at radius 1 is 1.09 bits per heavy atom. The monoisotopic (exact) mass is 312 g/mol. The Hall–Kier alpha value is -2.66. The number of aromatic nitrogens is 3. The van der Waals surface area contributed by atoms with Crippen LogP contribution < -0.4 is 5.43 Å². The van der Waals surface area contributed by atoms with E-state index in [1.54, 1.807) is 24.3 Å². The summed E-state index contributed by atoms with van der Waals surface area (Å²) in [6.07, 6.45) is 0. The zero-order valence-electron chi connectivity index (χ0n) is 11.8. The minimum Gasteiger partial charge on any atom is -0.267 e. The molecule has 0 saturated heterocycles. The van der Waals surface area contributed by atoms with Gasteiger partial charge in [0.05, 0.1) is 16.3 Å². The molecule has 0 atom stereocenters. The van der Waals surface area contributed by atoms with E-state index < -0.39 is 0 Å². The fourth-order valence-corrected chi connectivity index (χ4v) is 2.32.